The number of benzene rings is 1. The van der Waals surface area contributed by atoms with Crippen LogP contribution < -0.4 is 16.0 Å². The Balaban J connectivity index is 0.00000156. The van der Waals surface area contributed by atoms with Crippen molar-refractivity contribution in [3.05, 3.63) is 54.2 Å². The summed E-state index contributed by atoms with van der Waals surface area (Å²) in [6.07, 6.45) is 1.65. The van der Waals surface area contributed by atoms with Gasteiger partial charge in [0.15, 0.2) is 0 Å². The molecule has 3 N–H and O–H groups in total. The maximum Gasteiger partial charge on any atom is 0.245 e. The van der Waals surface area contributed by atoms with Crippen molar-refractivity contribution in [1.82, 2.24) is 4.98 Å². The van der Waals surface area contributed by atoms with Gasteiger partial charge in [0.25, 0.3) is 0 Å². The highest BCUT2D eigenvalue weighted by molar-refractivity contribution is 5.95. The van der Waals surface area contributed by atoms with E-state index in [1.54, 1.807) is 6.20 Å². The Hall–Kier alpha value is -1.86. The molecule has 8 heteroatoms. The number of rotatable bonds is 4. The van der Waals surface area contributed by atoms with Crippen molar-refractivity contribution in [3.63, 3.8) is 0 Å². The molecule has 1 aliphatic heterocycles. The lowest BCUT2D eigenvalue weighted by Gasteiger charge is -2.27. The summed E-state index contributed by atoms with van der Waals surface area (Å²) >= 11 is 0. The van der Waals surface area contributed by atoms with Gasteiger partial charge in [-0.2, -0.15) is 0 Å². The quantitative estimate of drug-likeness (QED) is 0.845. The van der Waals surface area contributed by atoms with Gasteiger partial charge in [-0.25, -0.2) is 4.98 Å². The molecule has 1 saturated heterocycles. The van der Waals surface area contributed by atoms with Crippen LogP contribution in [0, 0.1) is 0 Å². The summed E-state index contributed by atoms with van der Waals surface area (Å²) in [4.78, 5) is 18.8. The number of nitrogens with one attached hydrogen (secondary N) is 1. The lowest BCUT2D eigenvalue weighted by molar-refractivity contribution is -0.117. The number of carbonyl (C=O) groups excluding carboxylic acids is 1. The molecule has 2 heterocycles. The highest BCUT2D eigenvalue weighted by Crippen LogP contribution is 2.17. The summed E-state index contributed by atoms with van der Waals surface area (Å²) in [7, 11) is 0. The van der Waals surface area contributed by atoms with Crippen LogP contribution in [0.3, 0.4) is 0 Å². The van der Waals surface area contributed by atoms with Crippen LogP contribution in [0.2, 0.25) is 0 Å². The van der Waals surface area contributed by atoms with Gasteiger partial charge in [-0.1, -0.05) is 30.3 Å². The molecule has 6 nitrogen and oxygen atoms in total. The summed E-state index contributed by atoms with van der Waals surface area (Å²) in [5, 5.41) is 2.80. The Labute approximate surface area is 159 Å². The smallest absolute Gasteiger partial charge is 0.245 e. The number of hydrogen-bond acceptors (Lipinski definition) is 5. The van der Waals surface area contributed by atoms with Crippen LogP contribution >= 0.6 is 24.8 Å². The largest absolute Gasteiger partial charge is 0.378 e. The highest BCUT2D eigenvalue weighted by atomic mass is 35.5. The fraction of sp³-hybridized carbons (Fsp3) is 0.294. The predicted octanol–water partition coefficient (Wildman–Crippen LogP) is 2.40. The van der Waals surface area contributed by atoms with Gasteiger partial charge in [-0.15, -0.1) is 24.8 Å². The third kappa shape index (κ3) is 5.57. The van der Waals surface area contributed by atoms with E-state index < -0.39 is 6.04 Å². The SMILES string of the molecule is Cl.Cl.NC(C(=O)Nc1ccc(N2CCOCC2)nc1)c1ccccc1. The molecule has 3 rings (SSSR count). The molecule has 1 aromatic carbocycles. The summed E-state index contributed by atoms with van der Waals surface area (Å²) in [5.41, 5.74) is 7.40. The van der Waals surface area contributed by atoms with Crippen LogP contribution in [0.15, 0.2) is 48.7 Å². The Morgan fingerprint density at radius 1 is 1.12 bits per heavy atom. The molecule has 0 aliphatic carbocycles. The van der Waals surface area contributed by atoms with Gasteiger partial charge in [-0.3, -0.25) is 4.79 Å². The van der Waals surface area contributed by atoms with Crippen LogP contribution in [0.4, 0.5) is 11.5 Å². The minimum absolute atomic E-state index is 0. The van der Waals surface area contributed by atoms with Crippen molar-refractivity contribution in [2.75, 3.05) is 36.5 Å². The fourth-order valence-electron chi connectivity index (χ4n) is 2.47. The molecule has 0 spiro atoms. The number of aromatic nitrogens is 1. The van der Waals surface area contributed by atoms with Gasteiger partial charge < -0.3 is 20.7 Å². The van der Waals surface area contributed by atoms with Gasteiger partial charge >= 0.3 is 0 Å². The Morgan fingerprint density at radius 2 is 1.80 bits per heavy atom. The molecule has 1 amide bonds. The normalized spacial score (nSPS) is 14.7. The molecule has 0 bridgehead atoms. The van der Waals surface area contributed by atoms with E-state index >= 15 is 0 Å². The molecule has 25 heavy (non-hydrogen) atoms. The summed E-state index contributed by atoms with van der Waals surface area (Å²) < 4.78 is 5.33. The molecule has 136 valence electrons. The third-order valence-electron chi connectivity index (χ3n) is 3.79. The lowest BCUT2D eigenvalue weighted by Crippen LogP contribution is -2.36. The molecular formula is C17H22Cl2N4O2. The first-order chi connectivity index (χ1) is 11.2. The van der Waals surface area contributed by atoms with E-state index in [4.69, 9.17) is 10.5 Å². The first kappa shape index (κ1) is 21.2. The standard InChI is InChI=1S/C17H20N4O2.2ClH/c18-16(13-4-2-1-3-5-13)17(22)20-14-6-7-15(19-12-14)21-8-10-23-11-9-21;;/h1-7,12,16H,8-11,18H2,(H,20,22);2*1H. The Morgan fingerprint density at radius 3 is 2.40 bits per heavy atom. The highest BCUT2D eigenvalue weighted by Gasteiger charge is 2.16. The zero-order valence-electron chi connectivity index (χ0n) is 13.6. The molecule has 1 aromatic heterocycles. The van der Waals surface area contributed by atoms with Crippen molar-refractivity contribution in [2.45, 2.75) is 6.04 Å². The number of hydrogen-bond donors (Lipinski definition) is 2. The second-order valence-corrected chi connectivity index (χ2v) is 5.38. The van der Waals surface area contributed by atoms with Crippen LogP contribution in [-0.2, 0) is 9.53 Å². The molecule has 1 atom stereocenters. The van der Waals surface area contributed by atoms with E-state index in [9.17, 15) is 4.79 Å². The first-order valence-corrected chi connectivity index (χ1v) is 7.64. The number of nitrogens with zero attached hydrogens (tertiary/aromatic N) is 2. The number of ether oxygens (including phenoxy) is 1. The van der Waals surface area contributed by atoms with Crippen LogP contribution in [0.5, 0.6) is 0 Å². The zero-order chi connectivity index (χ0) is 16.1. The van der Waals surface area contributed by atoms with E-state index in [1.807, 2.05) is 42.5 Å². The van der Waals surface area contributed by atoms with Crippen LogP contribution in [0.1, 0.15) is 11.6 Å². The third-order valence-corrected chi connectivity index (χ3v) is 3.79. The number of halogens is 2. The average molecular weight is 385 g/mol. The van der Waals surface area contributed by atoms with E-state index in [2.05, 4.69) is 15.2 Å². The van der Waals surface area contributed by atoms with Gasteiger partial charge in [0.1, 0.15) is 11.9 Å². The van der Waals surface area contributed by atoms with Gasteiger partial charge in [0.2, 0.25) is 5.91 Å². The second kappa shape index (κ2) is 10.2. The van der Waals surface area contributed by atoms with Gasteiger partial charge in [-0.05, 0) is 17.7 Å². The second-order valence-electron chi connectivity index (χ2n) is 5.38. The molecule has 1 aliphatic rings. The maximum atomic E-state index is 12.2. The zero-order valence-corrected chi connectivity index (χ0v) is 15.3. The van der Waals surface area contributed by atoms with Crippen molar-refractivity contribution in [2.24, 2.45) is 5.73 Å². The molecule has 2 aromatic rings. The number of amides is 1. The Bertz CT molecular complexity index is 649. The fourth-order valence-corrected chi connectivity index (χ4v) is 2.47. The van der Waals surface area contributed by atoms with Crippen molar-refractivity contribution in [1.29, 1.82) is 0 Å². The van der Waals surface area contributed by atoms with Crippen molar-refractivity contribution >= 4 is 42.2 Å². The number of anilines is 2. The number of morpholine rings is 1. The predicted molar refractivity (Wildman–Crippen MR) is 104 cm³/mol. The molecule has 1 fully saturated rings. The number of nitrogens with two attached hydrogens (primary N) is 1. The number of pyridine rings is 1. The average Bonchev–Trinajstić information content (AvgIpc) is 2.63. The summed E-state index contributed by atoms with van der Waals surface area (Å²) in [6, 6.07) is 12.3. The van der Waals surface area contributed by atoms with Gasteiger partial charge in [0.05, 0.1) is 25.1 Å². The minimum Gasteiger partial charge on any atom is -0.378 e. The number of carbonyl (C=O) groups is 1. The summed E-state index contributed by atoms with van der Waals surface area (Å²) in [5.74, 6) is 0.635. The van der Waals surface area contributed by atoms with E-state index in [0.717, 1.165) is 24.5 Å². The summed E-state index contributed by atoms with van der Waals surface area (Å²) in [6.45, 7) is 3.09. The monoisotopic (exact) mass is 384 g/mol. The molecule has 0 radical (unpaired) electrons. The maximum absolute atomic E-state index is 12.2. The Kier molecular flexibility index (Phi) is 8.65. The van der Waals surface area contributed by atoms with Crippen molar-refractivity contribution < 1.29 is 9.53 Å². The van der Waals surface area contributed by atoms with Crippen LogP contribution in [0.25, 0.3) is 0 Å². The van der Waals surface area contributed by atoms with Crippen LogP contribution in [-0.4, -0.2) is 37.2 Å². The molecule has 0 saturated carbocycles. The first-order valence-electron chi connectivity index (χ1n) is 7.64. The topological polar surface area (TPSA) is 80.5 Å². The molecular weight excluding hydrogens is 363 g/mol. The van der Waals surface area contributed by atoms with E-state index in [-0.39, 0.29) is 30.7 Å². The minimum atomic E-state index is -0.699. The molecule has 1 unspecified atom stereocenters. The van der Waals surface area contributed by atoms with Crippen molar-refractivity contribution in [3.8, 4) is 0 Å². The van der Waals surface area contributed by atoms with E-state index in [0.29, 0.717) is 18.9 Å². The lowest BCUT2D eigenvalue weighted by atomic mass is 10.1. The van der Waals surface area contributed by atoms with E-state index in [1.165, 1.54) is 0 Å². The van der Waals surface area contributed by atoms with Gasteiger partial charge in [0, 0.05) is 13.1 Å².